The van der Waals surface area contributed by atoms with Crippen LogP contribution in [0.3, 0.4) is 0 Å². The maximum Gasteiger partial charge on any atom is 0.347 e. The number of carboxylic acid groups (broad SMARTS) is 1. The van der Waals surface area contributed by atoms with Crippen molar-refractivity contribution in [3.8, 4) is 0 Å². The van der Waals surface area contributed by atoms with E-state index in [2.05, 4.69) is 4.98 Å². The molecule has 1 fully saturated rings. The van der Waals surface area contributed by atoms with Gasteiger partial charge in [0.25, 0.3) is 0 Å². The number of aromatic nitrogens is 1. The minimum atomic E-state index is -0.862. The molecular weight excluding hydrogens is 230 g/mol. The largest absolute Gasteiger partial charge is 0.477 e. The average molecular weight is 243 g/mol. The van der Waals surface area contributed by atoms with Crippen LogP contribution in [0.4, 0.5) is 0 Å². The summed E-state index contributed by atoms with van der Waals surface area (Å²) in [4.78, 5) is 15.4. The minimum Gasteiger partial charge on any atom is -0.477 e. The van der Waals surface area contributed by atoms with Gasteiger partial charge in [-0.1, -0.05) is 24.6 Å². The lowest BCUT2D eigenvalue weighted by Gasteiger charge is -1.94. The molecule has 0 atom stereocenters. The van der Waals surface area contributed by atoms with Crippen molar-refractivity contribution in [2.45, 2.75) is 30.5 Å². The lowest BCUT2D eigenvalue weighted by atomic mass is 10.3. The van der Waals surface area contributed by atoms with Gasteiger partial charge in [0.1, 0.15) is 4.88 Å². The van der Waals surface area contributed by atoms with Gasteiger partial charge in [-0.05, 0) is 19.3 Å². The van der Waals surface area contributed by atoms with Gasteiger partial charge >= 0.3 is 5.97 Å². The van der Waals surface area contributed by atoms with Crippen LogP contribution in [0.2, 0.25) is 0 Å². The van der Waals surface area contributed by atoms with Crippen molar-refractivity contribution < 1.29 is 9.90 Å². The van der Waals surface area contributed by atoms with Crippen LogP contribution < -0.4 is 0 Å². The highest BCUT2D eigenvalue weighted by molar-refractivity contribution is 8.01. The molecule has 1 aliphatic rings. The highest BCUT2D eigenvalue weighted by Gasteiger charge is 2.21. The maximum absolute atomic E-state index is 10.8. The third kappa shape index (κ3) is 2.95. The molecule has 0 radical (unpaired) electrons. The number of thioether (sulfide) groups is 1. The van der Waals surface area contributed by atoms with E-state index in [9.17, 15) is 4.79 Å². The summed E-state index contributed by atoms with van der Waals surface area (Å²) in [6, 6.07) is 0. The molecule has 1 N–H and O–H groups in total. The second kappa shape index (κ2) is 4.53. The lowest BCUT2D eigenvalue weighted by molar-refractivity contribution is 0.0701. The highest BCUT2D eigenvalue weighted by atomic mass is 32.2. The van der Waals surface area contributed by atoms with Crippen molar-refractivity contribution in [3.63, 3.8) is 0 Å². The van der Waals surface area contributed by atoms with E-state index in [1.54, 1.807) is 18.7 Å². The monoisotopic (exact) mass is 243 g/mol. The van der Waals surface area contributed by atoms with Gasteiger partial charge in [-0.3, -0.25) is 0 Å². The van der Waals surface area contributed by atoms with Gasteiger partial charge in [-0.25, -0.2) is 9.78 Å². The number of hydrogen-bond acceptors (Lipinski definition) is 4. The van der Waals surface area contributed by atoms with E-state index in [-0.39, 0.29) is 0 Å². The first-order valence-electron chi connectivity index (χ1n) is 5.00. The maximum atomic E-state index is 10.8. The molecule has 1 aromatic heterocycles. The molecular formula is C10H13NO2S2. The Balaban J connectivity index is 1.89. The minimum absolute atomic E-state index is 0.379. The van der Waals surface area contributed by atoms with Gasteiger partial charge in [0.05, 0.1) is 5.69 Å². The molecule has 0 bridgehead atoms. The third-order valence-corrected chi connectivity index (χ3v) is 4.74. The summed E-state index contributed by atoms with van der Waals surface area (Å²) in [5.74, 6) is 1.13. The number of aromatic carboxylic acids is 1. The van der Waals surface area contributed by atoms with Crippen LogP contribution in [0.15, 0.2) is 4.34 Å². The standard InChI is InChI=1S/C10H13NO2S2/c1-6-8(9(12)13)15-10(11-6)14-5-4-7-2-3-7/h7H,2-5H2,1H3,(H,12,13). The molecule has 1 heterocycles. The normalized spacial score (nSPS) is 15.5. The summed E-state index contributed by atoms with van der Waals surface area (Å²) in [6.07, 6.45) is 3.99. The molecule has 0 saturated heterocycles. The number of nitrogens with zero attached hydrogens (tertiary/aromatic N) is 1. The summed E-state index contributed by atoms with van der Waals surface area (Å²) in [5, 5.41) is 8.86. The second-order valence-electron chi connectivity index (χ2n) is 3.78. The Bertz CT molecular complexity index is 371. The molecule has 0 aliphatic heterocycles. The van der Waals surface area contributed by atoms with E-state index < -0.39 is 5.97 Å². The van der Waals surface area contributed by atoms with Crippen LogP contribution >= 0.6 is 23.1 Å². The molecule has 15 heavy (non-hydrogen) atoms. The first kappa shape index (κ1) is 11.0. The van der Waals surface area contributed by atoms with E-state index in [1.807, 2.05) is 0 Å². The fourth-order valence-electron chi connectivity index (χ4n) is 1.35. The molecule has 3 nitrogen and oxygen atoms in total. The first-order valence-corrected chi connectivity index (χ1v) is 6.80. The van der Waals surface area contributed by atoms with E-state index in [4.69, 9.17) is 5.11 Å². The summed E-state index contributed by atoms with van der Waals surface area (Å²) < 4.78 is 0.894. The van der Waals surface area contributed by atoms with Crippen LogP contribution in [-0.2, 0) is 0 Å². The third-order valence-electron chi connectivity index (χ3n) is 2.42. The Morgan fingerprint density at radius 1 is 1.67 bits per heavy atom. The molecule has 82 valence electrons. The molecule has 1 aliphatic carbocycles. The molecule has 0 aromatic carbocycles. The second-order valence-corrected chi connectivity index (χ2v) is 6.12. The first-order chi connectivity index (χ1) is 7.16. The Morgan fingerprint density at radius 2 is 2.40 bits per heavy atom. The van der Waals surface area contributed by atoms with Gasteiger partial charge in [0, 0.05) is 5.75 Å². The number of rotatable bonds is 5. The van der Waals surface area contributed by atoms with E-state index >= 15 is 0 Å². The fraction of sp³-hybridized carbons (Fsp3) is 0.600. The van der Waals surface area contributed by atoms with Crippen LogP contribution in [0.25, 0.3) is 0 Å². The molecule has 0 spiro atoms. The van der Waals surface area contributed by atoms with Crippen LogP contribution in [-0.4, -0.2) is 21.8 Å². The van der Waals surface area contributed by atoms with Crippen LogP contribution in [0.5, 0.6) is 0 Å². The zero-order valence-electron chi connectivity index (χ0n) is 8.52. The van der Waals surface area contributed by atoms with E-state index in [1.165, 1.54) is 30.6 Å². The van der Waals surface area contributed by atoms with Gasteiger partial charge in [0.2, 0.25) is 0 Å². The quantitative estimate of drug-likeness (QED) is 0.808. The zero-order valence-corrected chi connectivity index (χ0v) is 10.2. The van der Waals surface area contributed by atoms with E-state index in [0.717, 1.165) is 16.0 Å². The van der Waals surface area contributed by atoms with Gasteiger partial charge in [-0.2, -0.15) is 0 Å². The van der Waals surface area contributed by atoms with Gasteiger partial charge in [0.15, 0.2) is 4.34 Å². The average Bonchev–Trinajstić information content (AvgIpc) is 2.90. The highest BCUT2D eigenvalue weighted by Crippen LogP contribution is 2.35. The molecule has 0 unspecified atom stereocenters. The molecule has 2 rings (SSSR count). The Kier molecular flexibility index (Phi) is 3.31. The number of carboxylic acids is 1. The van der Waals surface area contributed by atoms with E-state index in [0.29, 0.717) is 10.6 Å². The smallest absolute Gasteiger partial charge is 0.347 e. The Labute approximate surface area is 96.9 Å². The lowest BCUT2D eigenvalue weighted by Crippen LogP contribution is -1.94. The number of hydrogen-bond donors (Lipinski definition) is 1. The predicted octanol–water partition coefficient (Wildman–Crippen LogP) is 3.04. The number of thiazole rings is 1. The zero-order chi connectivity index (χ0) is 10.8. The van der Waals surface area contributed by atoms with Gasteiger partial charge in [-0.15, -0.1) is 11.3 Å². The summed E-state index contributed by atoms with van der Waals surface area (Å²) >= 11 is 2.98. The SMILES string of the molecule is Cc1nc(SCCC2CC2)sc1C(=O)O. The number of carbonyl (C=O) groups is 1. The van der Waals surface area contributed by atoms with Gasteiger partial charge < -0.3 is 5.11 Å². The van der Waals surface area contributed by atoms with Crippen molar-refractivity contribution in [3.05, 3.63) is 10.6 Å². The molecule has 5 heteroatoms. The van der Waals surface area contributed by atoms with Crippen molar-refractivity contribution >= 4 is 29.1 Å². The summed E-state index contributed by atoms with van der Waals surface area (Å²) in [7, 11) is 0. The fourth-order valence-corrected chi connectivity index (χ4v) is 3.55. The van der Waals surface area contributed by atoms with Crippen molar-refractivity contribution in [2.24, 2.45) is 5.92 Å². The molecule has 1 saturated carbocycles. The number of aryl methyl sites for hydroxylation is 1. The summed E-state index contributed by atoms with van der Waals surface area (Å²) in [5.41, 5.74) is 0.640. The summed E-state index contributed by atoms with van der Waals surface area (Å²) in [6.45, 7) is 1.75. The van der Waals surface area contributed by atoms with Crippen molar-refractivity contribution in [1.82, 2.24) is 4.98 Å². The van der Waals surface area contributed by atoms with Crippen LogP contribution in [0, 0.1) is 12.8 Å². The Morgan fingerprint density at radius 3 is 2.93 bits per heavy atom. The molecule has 1 aromatic rings. The van der Waals surface area contributed by atoms with Crippen molar-refractivity contribution in [1.29, 1.82) is 0 Å². The Hall–Kier alpha value is -0.550. The van der Waals surface area contributed by atoms with Crippen molar-refractivity contribution in [2.75, 3.05) is 5.75 Å². The van der Waals surface area contributed by atoms with Crippen LogP contribution in [0.1, 0.15) is 34.6 Å². The molecule has 0 amide bonds. The predicted molar refractivity (Wildman–Crippen MR) is 61.9 cm³/mol. The topological polar surface area (TPSA) is 50.2 Å².